The Morgan fingerprint density at radius 2 is 1.83 bits per heavy atom. The van der Waals surface area contributed by atoms with E-state index in [0.717, 1.165) is 71.5 Å². The van der Waals surface area contributed by atoms with Gasteiger partial charge < -0.3 is 24.3 Å². The van der Waals surface area contributed by atoms with Gasteiger partial charge in [-0.3, -0.25) is 10.2 Å². The SMILES string of the molecule is COc1ccc(-c2ccc3ccn(C(=N)C4=C(NC5CCOCC5)CCN(C(C)=O)C4)c3c2)cc1. The number of amides is 1. The van der Waals surface area contributed by atoms with Gasteiger partial charge in [0.1, 0.15) is 11.6 Å². The van der Waals surface area contributed by atoms with Crippen molar-refractivity contribution in [3.63, 3.8) is 0 Å². The van der Waals surface area contributed by atoms with E-state index in [1.54, 1.807) is 14.0 Å². The summed E-state index contributed by atoms with van der Waals surface area (Å²) in [7, 11) is 1.66. The lowest BCUT2D eigenvalue weighted by Crippen LogP contribution is -2.43. The summed E-state index contributed by atoms with van der Waals surface area (Å²) in [6, 6.07) is 16.7. The van der Waals surface area contributed by atoms with Crippen molar-refractivity contribution in [2.24, 2.45) is 0 Å². The third-order valence-corrected chi connectivity index (χ3v) is 7.03. The van der Waals surface area contributed by atoms with Crippen LogP contribution in [0.2, 0.25) is 0 Å². The van der Waals surface area contributed by atoms with E-state index >= 15 is 0 Å². The maximum atomic E-state index is 12.2. The van der Waals surface area contributed by atoms with Crippen LogP contribution in [0.25, 0.3) is 22.0 Å². The molecule has 1 aromatic heterocycles. The molecule has 2 N–H and O–H groups in total. The van der Waals surface area contributed by atoms with E-state index in [9.17, 15) is 10.2 Å². The van der Waals surface area contributed by atoms with Crippen LogP contribution in [-0.2, 0) is 9.53 Å². The molecular weight excluding hydrogens is 440 g/mol. The van der Waals surface area contributed by atoms with E-state index in [0.29, 0.717) is 25.0 Å². The average molecular weight is 473 g/mol. The van der Waals surface area contributed by atoms with Gasteiger partial charge in [-0.1, -0.05) is 24.3 Å². The normalized spacial score (nSPS) is 17.0. The van der Waals surface area contributed by atoms with Crippen LogP contribution < -0.4 is 10.1 Å². The molecule has 3 heterocycles. The molecule has 2 aromatic carbocycles. The molecule has 7 nitrogen and oxygen atoms in total. The molecule has 182 valence electrons. The summed E-state index contributed by atoms with van der Waals surface area (Å²) in [6.45, 7) is 4.23. The first kappa shape index (κ1) is 23.2. The number of nitrogens with one attached hydrogen (secondary N) is 2. The maximum absolute atomic E-state index is 12.2. The van der Waals surface area contributed by atoms with Gasteiger partial charge in [0.05, 0.1) is 19.2 Å². The van der Waals surface area contributed by atoms with Crippen molar-refractivity contribution in [2.75, 3.05) is 33.4 Å². The number of carbonyl (C=O) groups is 1. The van der Waals surface area contributed by atoms with Crippen molar-refractivity contribution >= 4 is 22.6 Å². The second-order valence-electron chi connectivity index (χ2n) is 9.22. The molecule has 35 heavy (non-hydrogen) atoms. The van der Waals surface area contributed by atoms with Gasteiger partial charge in [0.2, 0.25) is 5.91 Å². The van der Waals surface area contributed by atoms with Crippen molar-refractivity contribution in [3.05, 3.63) is 66.0 Å². The second-order valence-corrected chi connectivity index (χ2v) is 9.22. The molecule has 0 radical (unpaired) electrons. The summed E-state index contributed by atoms with van der Waals surface area (Å²) in [4.78, 5) is 14.0. The predicted molar refractivity (Wildman–Crippen MR) is 138 cm³/mol. The number of nitrogens with zero attached hydrogens (tertiary/aromatic N) is 2. The fraction of sp³-hybridized carbons (Fsp3) is 0.357. The van der Waals surface area contributed by atoms with E-state index in [-0.39, 0.29) is 5.91 Å². The minimum absolute atomic E-state index is 0.0413. The number of benzene rings is 2. The van der Waals surface area contributed by atoms with E-state index in [4.69, 9.17) is 9.47 Å². The minimum atomic E-state index is 0.0413. The number of methoxy groups -OCH3 is 1. The monoisotopic (exact) mass is 472 g/mol. The molecule has 2 aliphatic heterocycles. The summed E-state index contributed by atoms with van der Waals surface area (Å²) in [5.41, 5.74) is 5.10. The highest BCUT2D eigenvalue weighted by Gasteiger charge is 2.27. The van der Waals surface area contributed by atoms with E-state index in [1.165, 1.54) is 0 Å². The van der Waals surface area contributed by atoms with Crippen LogP contribution in [-0.4, -0.2) is 60.7 Å². The highest BCUT2D eigenvalue weighted by atomic mass is 16.5. The van der Waals surface area contributed by atoms with Gasteiger partial charge in [-0.2, -0.15) is 0 Å². The molecule has 1 saturated heterocycles. The molecule has 0 saturated carbocycles. The van der Waals surface area contributed by atoms with Gasteiger partial charge in [0.25, 0.3) is 0 Å². The average Bonchev–Trinajstić information content (AvgIpc) is 3.32. The first-order valence-corrected chi connectivity index (χ1v) is 12.2. The van der Waals surface area contributed by atoms with Gasteiger partial charge in [0.15, 0.2) is 0 Å². The Morgan fingerprint density at radius 3 is 2.54 bits per heavy atom. The first-order valence-electron chi connectivity index (χ1n) is 12.2. The zero-order valence-electron chi connectivity index (χ0n) is 20.3. The first-order chi connectivity index (χ1) is 17.0. The number of carbonyl (C=O) groups excluding carboxylic acids is 1. The molecule has 0 spiro atoms. The molecule has 0 unspecified atom stereocenters. The molecule has 5 rings (SSSR count). The van der Waals surface area contributed by atoms with Crippen LogP contribution in [0, 0.1) is 5.41 Å². The highest BCUT2D eigenvalue weighted by Crippen LogP contribution is 2.28. The quantitative estimate of drug-likeness (QED) is 0.426. The number of rotatable bonds is 5. The van der Waals surface area contributed by atoms with Gasteiger partial charge >= 0.3 is 0 Å². The molecule has 2 aliphatic rings. The molecule has 7 heteroatoms. The largest absolute Gasteiger partial charge is 0.497 e. The fourth-order valence-corrected chi connectivity index (χ4v) is 4.93. The second kappa shape index (κ2) is 9.96. The molecule has 1 fully saturated rings. The summed E-state index contributed by atoms with van der Waals surface area (Å²) < 4.78 is 12.7. The molecule has 0 bridgehead atoms. The van der Waals surface area contributed by atoms with Crippen molar-refractivity contribution in [1.82, 2.24) is 14.8 Å². The van der Waals surface area contributed by atoms with Gasteiger partial charge in [0, 0.05) is 62.0 Å². The summed E-state index contributed by atoms with van der Waals surface area (Å²) in [6.07, 6.45) is 4.60. The smallest absolute Gasteiger partial charge is 0.219 e. The third-order valence-electron chi connectivity index (χ3n) is 7.03. The summed E-state index contributed by atoms with van der Waals surface area (Å²) in [5.74, 6) is 1.27. The molecular formula is C28H32N4O3. The van der Waals surface area contributed by atoms with E-state index in [2.05, 4.69) is 23.5 Å². The molecule has 3 aromatic rings. The Labute approximate surface area is 205 Å². The lowest BCUT2D eigenvalue weighted by Gasteiger charge is -2.34. The number of fused-ring (bicyclic) bond motifs is 1. The number of aromatic nitrogens is 1. The van der Waals surface area contributed by atoms with Gasteiger partial charge in [-0.25, -0.2) is 0 Å². The van der Waals surface area contributed by atoms with Crippen LogP contribution in [0.3, 0.4) is 0 Å². The summed E-state index contributed by atoms with van der Waals surface area (Å²) in [5, 5.41) is 14.0. The van der Waals surface area contributed by atoms with E-state index in [1.807, 2.05) is 46.0 Å². The summed E-state index contributed by atoms with van der Waals surface area (Å²) >= 11 is 0. The van der Waals surface area contributed by atoms with Crippen LogP contribution in [0.5, 0.6) is 5.75 Å². The lowest BCUT2D eigenvalue weighted by molar-refractivity contribution is -0.128. The topological polar surface area (TPSA) is 79.6 Å². The van der Waals surface area contributed by atoms with Gasteiger partial charge in [-0.15, -0.1) is 0 Å². The Bertz CT molecular complexity index is 1270. The van der Waals surface area contributed by atoms with Crippen molar-refractivity contribution in [2.45, 2.75) is 32.2 Å². The standard InChI is InChI=1S/C28H32N4O3/c1-19(33)31-13-10-26(30-23-11-15-35-16-12-23)25(18-31)28(29)32-14-9-21-3-4-22(17-27(21)32)20-5-7-24(34-2)8-6-20/h3-9,14,17,23,29-30H,10-13,15-16,18H2,1-2H3. The van der Waals surface area contributed by atoms with Crippen LogP contribution in [0.4, 0.5) is 0 Å². The highest BCUT2D eigenvalue weighted by molar-refractivity contribution is 6.05. The van der Waals surface area contributed by atoms with Gasteiger partial charge in [-0.05, 0) is 48.2 Å². The maximum Gasteiger partial charge on any atom is 0.219 e. The zero-order chi connectivity index (χ0) is 24.4. The lowest BCUT2D eigenvalue weighted by atomic mass is 10.0. The minimum Gasteiger partial charge on any atom is -0.497 e. The van der Waals surface area contributed by atoms with Crippen molar-refractivity contribution < 1.29 is 14.3 Å². The van der Waals surface area contributed by atoms with Crippen molar-refractivity contribution in [3.8, 4) is 16.9 Å². The van der Waals surface area contributed by atoms with E-state index < -0.39 is 0 Å². The Kier molecular flexibility index (Phi) is 6.59. The molecule has 0 aliphatic carbocycles. The Balaban J connectivity index is 1.50. The third kappa shape index (κ3) is 4.82. The zero-order valence-corrected chi connectivity index (χ0v) is 20.3. The Morgan fingerprint density at radius 1 is 1.09 bits per heavy atom. The van der Waals surface area contributed by atoms with Crippen LogP contribution >= 0.6 is 0 Å². The number of hydrogen-bond acceptors (Lipinski definition) is 5. The van der Waals surface area contributed by atoms with Crippen LogP contribution in [0.1, 0.15) is 26.2 Å². The van der Waals surface area contributed by atoms with Crippen molar-refractivity contribution in [1.29, 1.82) is 5.41 Å². The predicted octanol–water partition coefficient (Wildman–Crippen LogP) is 4.42. The van der Waals surface area contributed by atoms with Crippen LogP contribution in [0.15, 0.2) is 66.0 Å². The number of hydrogen-bond donors (Lipinski definition) is 2. The Hall–Kier alpha value is -3.58. The number of ether oxygens (including phenoxy) is 2. The molecule has 0 atom stereocenters. The fourth-order valence-electron chi connectivity index (χ4n) is 4.93. The molecule has 1 amide bonds.